The molecule has 5 heteroatoms. The van der Waals surface area contributed by atoms with Crippen LogP contribution in [0.25, 0.3) is 0 Å². The summed E-state index contributed by atoms with van der Waals surface area (Å²) in [5.74, 6) is 1.03. The van der Waals surface area contributed by atoms with E-state index in [0.717, 1.165) is 23.5 Å². The lowest BCUT2D eigenvalue weighted by Gasteiger charge is -2.19. The predicted octanol–water partition coefficient (Wildman–Crippen LogP) is 4.14. The van der Waals surface area contributed by atoms with E-state index in [0.29, 0.717) is 0 Å². The minimum Gasteiger partial charge on any atom is -0.320 e. The number of aromatic nitrogens is 2. The summed E-state index contributed by atoms with van der Waals surface area (Å²) in [6.07, 6.45) is 8.57. The Morgan fingerprint density at radius 3 is 2.78 bits per heavy atom. The van der Waals surface area contributed by atoms with Gasteiger partial charge in [0.05, 0.1) is 18.2 Å². The van der Waals surface area contributed by atoms with E-state index in [4.69, 9.17) is 4.99 Å². The number of allylic oxidation sites excluding steroid dienone is 1. The summed E-state index contributed by atoms with van der Waals surface area (Å²) in [5.41, 5.74) is 3.42. The molecule has 2 aromatic heterocycles. The maximum atomic E-state index is 4.69. The number of aliphatic imine (C=N–C) groups is 1. The Labute approximate surface area is 139 Å². The Kier molecular flexibility index (Phi) is 3.55. The molecular weight excluding hydrogens is 304 g/mol. The highest BCUT2D eigenvalue weighted by Crippen LogP contribution is 2.35. The van der Waals surface area contributed by atoms with E-state index >= 15 is 0 Å². The number of anilines is 2. The highest BCUT2D eigenvalue weighted by molar-refractivity contribution is 7.14. The lowest BCUT2D eigenvalue weighted by molar-refractivity contribution is 0.899. The molecule has 0 aliphatic carbocycles. The van der Waals surface area contributed by atoms with Crippen molar-refractivity contribution in [2.75, 3.05) is 4.90 Å². The second kappa shape index (κ2) is 5.85. The zero-order valence-electron chi connectivity index (χ0n) is 12.8. The number of hydrogen-bond acceptors (Lipinski definition) is 4. The summed E-state index contributed by atoms with van der Waals surface area (Å²) >= 11 is 1.71. The molecule has 0 amide bonds. The fourth-order valence-corrected chi connectivity index (χ4v) is 3.51. The van der Waals surface area contributed by atoms with Crippen molar-refractivity contribution in [3.8, 4) is 0 Å². The van der Waals surface area contributed by atoms with Gasteiger partial charge in [-0.2, -0.15) is 0 Å². The minimum atomic E-state index is 0.806. The van der Waals surface area contributed by atoms with Crippen molar-refractivity contribution in [3.63, 3.8) is 0 Å². The highest BCUT2D eigenvalue weighted by atomic mass is 32.1. The van der Waals surface area contributed by atoms with E-state index in [-0.39, 0.29) is 0 Å². The zero-order valence-corrected chi connectivity index (χ0v) is 13.6. The average molecular weight is 320 g/mol. The van der Waals surface area contributed by atoms with Crippen LogP contribution in [-0.2, 0) is 13.5 Å². The van der Waals surface area contributed by atoms with Crippen LogP contribution in [0.1, 0.15) is 11.1 Å². The van der Waals surface area contributed by atoms with Gasteiger partial charge in [-0.3, -0.25) is 9.89 Å². The van der Waals surface area contributed by atoms with Crippen molar-refractivity contribution < 1.29 is 0 Å². The van der Waals surface area contributed by atoms with Gasteiger partial charge in [-0.25, -0.2) is 4.98 Å². The molecule has 1 aliphatic heterocycles. The van der Waals surface area contributed by atoms with E-state index in [1.165, 1.54) is 10.6 Å². The largest absolute Gasteiger partial charge is 0.320 e. The summed E-state index contributed by atoms with van der Waals surface area (Å²) in [4.78, 5) is 11.1. The summed E-state index contributed by atoms with van der Waals surface area (Å²) in [7, 11) is 2.01. The Balaban J connectivity index is 1.76. The molecule has 0 fully saturated rings. The molecule has 4 rings (SSSR count). The topological polar surface area (TPSA) is 33.4 Å². The van der Waals surface area contributed by atoms with Crippen molar-refractivity contribution in [1.29, 1.82) is 0 Å². The van der Waals surface area contributed by atoms with Gasteiger partial charge in [-0.05, 0) is 17.0 Å². The van der Waals surface area contributed by atoms with Crippen LogP contribution in [0, 0.1) is 0 Å². The molecule has 1 aromatic carbocycles. The third-order valence-electron chi connectivity index (χ3n) is 3.81. The molecule has 0 N–H and O–H groups in total. The second-order valence-corrected chi connectivity index (χ2v) is 6.35. The normalized spacial score (nSPS) is 13.6. The number of fused-ring (bicyclic) bond motifs is 1. The van der Waals surface area contributed by atoms with Crippen LogP contribution >= 0.6 is 11.3 Å². The first-order valence-corrected chi connectivity index (χ1v) is 8.31. The molecule has 1 aliphatic rings. The average Bonchev–Trinajstić information content (AvgIpc) is 3.17. The first-order chi connectivity index (χ1) is 11.3. The minimum absolute atomic E-state index is 0.806. The first-order valence-electron chi connectivity index (χ1n) is 7.43. The molecule has 0 spiro atoms. The summed E-state index contributed by atoms with van der Waals surface area (Å²) < 4.78 is 2.02. The van der Waals surface area contributed by atoms with Crippen molar-refractivity contribution >= 4 is 28.4 Å². The van der Waals surface area contributed by atoms with Gasteiger partial charge in [-0.1, -0.05) is 30.3 Å². The molecule has 4 nitrogen and oxygen atoms in total. The van der Waals surface area contributed by atoms with Gasteiger partial charge in [0, 0.05) is 31.4 Å². The third kappa shape index (κ3) is 2.71. The number of benzene rings is 1. The highest BCUT2D eigenvalue weighted by Gasteiger charge is 2.18. The SMILES string of the molecule is Cn1cncc1N1C=C(Cc2ccccc2)N=Cc2ccsc21. The Morgan fingerprint density at radius 2 is 2.00 bits per heavy atom. The zero-order chi connectivity index (χ0) is 15.6. The van der Waals surface area contributed by atoms with Gasteiger partial charge in [0.25, 0.3) is 0 Å². The second-order valence-electron chi connectivity index (χ2n) is 5.45. The fourth-order valence-electron chi connectivity index (χ4n) is 2.65. The monoisotopic (exact) mass is 320 g/mol. The maximum absolute atomic E-state index is 4.69. The van der Waals surface area contributed by atoms with E-state index in [1.54, 1.807) is 11.3 Å². The molecule has 0 radical (unpaired) electrons. The van der Waals surface area contributed by atoms with Gasteiger partial charge in [0.1, 0.15) is 10.8 Å². The number of rotatable bonds is 3. The Morgan fingerprint density at radius 1 is 1.13 bits per heavy atom. The summed E-state index contributed by atoms with van der Waals surface area (Å²) in [6, 6.07) is 12.5. The van der Waals surface area contributed by atoms with Crippen LogP contribution in [0.3, 0.4) is 0 Å². The molecule has 23 heavy (non-hydrogen) atoms. The van der Waals surface area contributed by atoms with Crippen LogP contribution in [-0.4, -0.2) is 15.8 Å². The fraction of sp³-hybridized carbons (Fsp3) is 0.111. The molecule has 0 bridgehead atoms. The standard InChI is InChI=1S/C18H16N4S/c1-21-13-19-11-17(21)22-12-16(9-14-5-3-2-4-6-14)20-10-15-7-8-23-18(15)22/h2-8,10-13H,9H2,1H3. The van der Waals surface area contributed by atoms with Crippen molar-refractivity contribution in [3.05, 3.63) is 77.3 Å². The number of nitrogens with zero attached hydrogens (tertiary/aromatic N) is 4. The molecular formula is C18H16N4S. The van der Waals surface area contributed by atoms with E-state index in [1.807, 2.05) is 36.4 Å². The van der Waals surface area contributed by atoms with E-state index in [2.05, 4.69) is 51.8 Å². The Hall–Kier alpha value is -2.66. The molecule has 114 valence electrons. The summed E-state index contributed by atoms with van der Waals surface area (Å²) in [6.45, 7) is 0. The van der Waals surface area contributed by atoms with Gasteiger partial charge in [-0.15, -0.1) is 11.3 Å². The number of thiophene rings is 1. The van der Waals surface area contributed by atoms with Crippen LogP contribution in [0.4, 0.5) is 10.8 Å². The van der Waals surface area contributed by atoms with Crippen LogP contribution in [0.15, 0.2) is 71.2 Å². The number of aryl methyl sites for hydroxylation is 1. The van der Waals surface area contributed by atoms with Crippen molar-refractivity contribution in [2.24, 2.45) is 12.0 Å². The van der Waals surface area contributed by atoms with Gasteiger partial charge >= 0.3 is 0 Å². The molecule has 3 heterocycles. The van der Waals surface area contributed by atoms with Crippen molar-refractivity contribution in [1.82, 2.24) is 9.55 Å². The van der Waals surface area contributed by atoms with Crippen LogP contribution in [0.5, 0.6) is 0 Å². The maximum Gasteiger partial charge on any atom is 0.137 e. The molecule has 0 saturated heterocycles. The van der Waals surface area contributed by atoms with Crippen LogP contribution < -0.4 is 4.90 Å². The van der Waals surface area contributed by atoms with Gasteiger partial charge in [0.15, 0.2) is 0 Å². The Bertz CT molecular complexity index is 873. The van der Waals surface area contributed by atoms with Crippen molar-refractivity contribution in [2.45, 2.75) is 6.42 Å². The lowest BCUT2D eigenvalue weighted by Crippen LogP contribution is -2.12. The predicted molar refractivity (Wildman–Crippen MR) is 95.5 cm³/mol. The first kappa shape index (κ1) is 14.0. The van der Waals surface area contributed by atoms with E-state index < -0.39 is 0 Å². The molecule has 0 atom stereocenters. The smallest absolute Gasteiger partial charge is 0.137 e. The van der Waals surface area contributed by atoms with Gasteiger partial charge < -0.3 is 4.57 Å². The van der Waals surface area contributed by atoms with Gasteiger partial charge in [0.2, 0.25) is 0 Å². The quantitative estimate of drug-likeness (QED) is 0.727. The molecule has 0 unspecified atom stereocenters. The number of imidazole rings is 1. The van der Waals surface area contributed by atoms with E-state index in [9.17, 15) is 0 Å². The molecule has 3 aromatic rings. The van der Waals surface area contributed by atoms with Crippen LogP contribution in [0.2, 0.25) is 0 Å². The summed E-state index contributed by atoms with van der Waals surface area (Å²) in [5, 5.41) is 3.26. The third-order valence-corrected chi connectivity index (χ3v) is 4.73. The number of hydrogen-bond donors (Lipinski definition) is 0. The lowest BCUT2D eigenvalue weighted by atomic mass is 10.1. The molecule has 0 saturated carbocycles.